The lowest BCUT2D eigenvalue weighted by Crippen LogP contribution is -2.32. The average Bonchev–Trinajstić information content (AvgIpc) is 2.60. The molecule has 0 aromatic heterocycles. The highest BCUT2D eigenvalue weighted by molar-refractivity contribution is 5.91. The van der Waals surface area contributed by atoms with E-state index in [4.69, 9.17) is 4.74 Å². The lowest BCUT2D eigenvalue weighted by Gasteiger charge is -2.18. The Balaban J connectivity index is 1.90. The number of esters is 1. The summed E-state index contributed by atoms with van der Waals surface area (Å²) in [7, 11) is 0. The number of nitrogens with one attached hydrogen (secondary N) is 1. The molecule has 5 nitrogen and oxygen atoms in total. The van der Waals surface area contributed by atoms with Crippen LogP contribution in [0, 0.1) is 0 Å². The molecule has 2 aromatic carbocycles. The summed E-state index contributed by atoms with van der Waals surface area (Å²) in [6, 6.07) is 15.4. The SMILES string of the molecule is CCCC(NC(=O)COC(=O)c1cccc(O)c1)c1ccccc1. The van der Waals surface area contributed by atoms with E-state index in [0.717, 1.165) is 18.4 Å². The van der Waals surface area contributed by atoms with Crippen LogP contribution < -0.4 is 5.32 Å². The lowest BCUT2D eigenvalue weighted by molar-refractivity contribution is -0.125. The van der Waals surface area contributed by atoms with Crippen molar-refractivity contribution in [1.82, 2.24) is 5.32 Å². The van der Waals surface area contributed by atoms with Gasteiger partial charge in [0.05, 0.1) is 11.6 Å². The molecular formula is C19H21NO4. The summed E-state index contributed by atoms with van der Waals surface area (Å²) in [6.07, 6.45) is 1.72. The van der Waals surface area contributed by atoms with Crippen LogP contribution in [0.2, 0.25) is 0 Å². The highest BCUT2D eigenvalue weighted by Crippen LogP contribution is 2.18. The molecule has 24 heavy (non-hydrogen) atoms. The minimum Gasteiger partial charge on any atom is -0.508 e. The van der Waals surface area contributed by atoms with E-state index in [9.17, 15) is 14.7 Å². The molecule has 0 aliphatic heterocycles. The highest BCUT2D eigenvalue weighted by atomic mass is 16.5. The molecule has 2 N–H and O–H groups in total. The van der Waals surface area contributed by atoms with Crippen molar-refractivity contribution in [3.05, 3.63) is 65.7 Å². The molecule has 1 atom stereocenters. The van der Waals surface area contributed by atoms with Gasteiger partial charge in [-0.2, -0.15) is 0 Å². The molecule has 1 amide bonds. The first-order valence-electron chi connectivity index (χ1n) is 7.90. The van der Waals surface area contributed by atoms with Gasteiger partial charge in [-0.05, 0) is 30.2 Å². The fourth-order valence-corrected chi connectivity index (χ4v) is 2.38. The second kappa shape index (κ2) is 8.72. The monoisotopic (exact) mass is 327 g/mol. The fourth-order valence-electron chi connectivity index (χ4n) is 2.38. The molecule has 2 aromatic rings. The second-order valence-corrected chi connectivity index (χ2v) is 5.45. The highest BCUT2D eigenvalue weighted by Gasteiger charge is 2.15. The maximum Gasteiger partial charge on any atom is 0.338 e. The summed E-state index contributed by atoms with van der Waals surface area (Å²) in [6.45, 7) is 1.69. The number of rotatable bonds is 7. The summed E-state index contributed by atoms with van der Waals surface area (Å²) >= 11 is 0. The smallest absolute Gasteiger partial charge is 0.338 e. The number of aromatic hydroxyl groups is 1. The molecule has 1 unspecified atom stereocenters. The Morgan fingerprint density at radius 3 is 2.54 bits per heavy atom. The van der Waals surface area contributed by atoms with Crippen molar-refractivity contribution in [2.75, 3.05) is 6.61 Å². The Bertz CT molecular complexity index is 685. The van der Waals surface area contributed by atoms with Gasteiger partial charge in [0.2, 0.25) is 0 Å². The molecule has 0 aliphatic rings. The predicted octanol–water partition coefficient (Wildman–Crippen LogP) is 3.21. The Morgan fingerprint density at radius 1 is 1.12 bits per heavy atom. The van der Waals surface area contributed by atoms with Crippen molar-refractivity contribution in [2.24, 2.45) is 0 Å². The van der Waals surface area contributed by atoms with Crippen LogP contribution in [0.3, 0.4) is 0 Å². The number of carbonyl (C=O) groups is 2. The molecule has 126 valence electrons. The number of hydrogen-bond donors (Lipinski definition) is 2. The van der Waals surface area contributed by atoms with E-state index in [1.807, 2.05) is 37.3 Å². The zero-order valence-electron chi connectivity index (χ0n) is 13.6. The quantitative estimate of drug-likeness (QED) is 0.766. The first kappa shape index (κ1) is 17.5. The third-order valence-corrected chi connectivity index (χ3v) is 3.53. The van der Waals surface area contributed by atoms with Crippen molar-refractivity contribution < 1.29 is 19.4 Å². The van der Waals surface area contributed by atoms with E-state index < -0.39 is 5.97 Å². The second-order valence-electron chi connectivity index (χ2n) is 5.45. The fraction of sp³-hybridized carbons (Fsp3) is 0.263. The summed E-state index contributed by atoms with van der Waals surface area (Å²) in [4.78, 5) is 23.9. The Labute approximate surface area is 141 Å². The molecule has 0 saturated heterocycles. The van der Waals surface area contributed by atoms with Crippen LogP contribution in [0.15, 0.2) is 54.6 Å². The number of ether oxygens (including phenoxy) is 1. The number of phenols is 1. The first-order chi connectivity index (χ1) is 11.6. The zero-order chi connectivity index (χ0) is 17.4. The van der Waals surface area contributed by atoms with Crippen LogP contribution >= 0.6 is 0 Å². The van der Waals surface area contributed by atoms with Crippen LogP contribution in [0.5, 0.6) is 5.75 Å². The molecule has 5 heteroatoms. The van der Waals surface area contributed by atoms with Gasteiger partial charge in [-0.25, -0.2) is 4.79 Å². The molecule has 0 spiro atoms. The van der Waals surface area contributed by atoms with Gasteiger partial charge < -0.3 is 15.2 Å². The molecule has 0 aliphatic carbocycles. The van der Waals surface area contributed by atoms with E-state index in [2.05, 4.69) is 5.32 Å². The van der Waals surface area contributed by atoms with Crippen molar-refractivity contribution in [3.63, 3.8) is 0 Å². The minimum atomic E-state index is -0.646. The zero-order valence-corrected chi connectivity index (χ0v) is 13.6. The standard InChI is InChI=1S/C19H21NO4/c1-2-7-17(14-8-4-3-5-9-14)20-18(22)13-24-19(23)15-10-6-11-16(21)12-15/h3-6,8-12,17,21H,2,7,13H2,1H3,(H,20,22). The van der Waals surface area contributed by atoms with Crippen molar-refractivity contribution in [2.45, 2.75) is 25.8 Å². The largest absolute Gasteiger partial charge is 0.508 e. The Hall–Kier alpha value is -2.82. The molecule has 2 rings (SSSR count). The molecule has 0 bridgehead atoms. The van der Waals surface area contributed by atoms with Gasteiger partial charge in [0.1, 0.15) is 5.75 Å². The summed E-state index contributed by atoms with van der Waals surface area (Å²) in [5.74, 6) is -1.03. The van der Waals surface area contributed by atoms with E-state index in [0.29, 0.717) is 0 Å². The van der Waals surface area contributed by atoms with Gasteiger partial charge in [-0.1, -0.05) is 49.7 Å². The van der Waals surface area contributed by atoms with Gasteiger partial charge in [-0.15, -0.1) is 0 Å². The minimum absolute atomic E-state index is 0.0269. The normalized spacial score (nSPS) is 11.5. The molecule has 0 heterocycles. The van der Waals surface area contributed by atoms with E-state index in [-0.39, 0.29) is 29.9 Å². The maximum atomic E-state index is 12.1. The van der Waals surface area contributed by atoms with Crippen LogP contribution in [0.4, 0.5) is 0 Å². The predicted molar refractivity (Wildman–Crippen MR) is 90.6 cm³/mol. The third kappa shape index (κ3) is 5.12. The van der Waals surface area contributed by atoms with Crippen LogP contribution in [-0.4, -0.2) is 23.6 Å². The molecular weight excluding hydrogens is 306 g/mol. The van der Waals surface area contributed by atoms with E-state index >= 15 is 0 Å². The summed E-state index contributed by atoms with van der Waals surface area (Å²) in [5, 5.41) is 12.2. The molecule has 0 saturated carbocycles. The first-order valence-corrected chi connectivity index (χ1v) is 7.90. The number of benzene rings is 2. The van der Waals surface area contributed by atoms with Gasteiger partial charge in [0, 0.05) is 0 Å². The number of phenolic OH excluding ortho intramolecular Hbond substituents is 1. The third-order valence-electron chi connectivity index (χ3n) is 3.53. The summed E-state index contributed by atoms with van der Waals surface area (Å²) in [5.41, 5.74) is 1.22. The number of carbonyl (C=O) groups excluding carboxylic acids is 2. The van der Waals surface area contributed by atoms with Crippen LogP contribution in [0.25, 0.3) is 0 Å². The van der Waals surface area contributed by atoms with Crippen LogP contribution in [0.1, 0.15) is 41.7 Å². The van der Waals surface area contributed by atoms with Crippen molar-refractivity contribution in [1.29, 1.82) is 0 Å². The van der Waals surface area contributed by atoms with Gasteiger partial charge in [0.15, 0.2) is 6.61 Å². The number of amides is 1. The van der Waals surface area contributed by atoms with E-state index in [1.165, 1.54) is 18.2 Å². The lowest BCUT2D eigenvalue weighted by atomic mass is 10.0. The van der Waals surface area contributed by atoms with E-state index in [1.54, 1.807) is 6.07 Å². The number of hydrogen-bond acceptors (Lipinski definition) is 4. The van der Waals surface area contributed by atoms with Crippen molar-refractivity contribution >= 4 is 11.9 Å². The summed E-state index contributed by atoms with van der Waals surface area (Å²) < 4.78 is 5.00. The maximum absolute atomic E-state index is 12.1. The molecule has 0 radical (unpaired) electrons. The van der Waals surface area contributed by atoms with Gasteiger partial charge >= 0.3 is 5.97 Å². The Kier molecular flexibility index (Phi) is 6.37. The van der Waals surface area contributed by atoms with Gasteiger partial charge in [0.25, 0.3) is 5.91 Å². The topological polar surface area (TPSA) is 75.6 Å². The Morgan fingerprint density at radius 2 is 1.88 bits per heavy atom. The molecule has 0 fully saturated rings. The van der Waals surface area contributed by atoms with Gasteiger partial charge in [-0.3, -0.25) is 4.79 Å². The average molecular weight is 327 g/mol. The van der Waals surface area contributed by atoms with Crippen molar-refractivity contribution in [3.8, 4) is 5.75 Å². The van der Waals surface area contributed by atoms with Crippen LogP contribution in [-0.2, 0) is 9.53 Å².